The van der Waals surface area contributed by atoms with Crippen LogP contribution in [0.1, 0.15) is 12.5 Å². The van der Waals surface area contributed by atoms with Gasteiger partial charge in [0.05, 0.1) is 12.8 Å². The minimum Gasteiger partial charge on any atom is -0.392 e. The molecule has 1 heterocycles. The molecule has 0 atom stereocenters. The van der Waals surface area contributed by atoms with Gasteiger partial charge in [0, 0.05) is 23.9 Å². The average Bonchev–Trinajstić information content (AvgIpc) is 2.77. The van der Waals surface area contributed by atoms with Crippen LogP contribution in [0, 0.1) is 5.82 Å². The lowest BCUT2D eigenvalue weighted by Gasteiger charge is -2.01. The summed E-state index contributed by atoms with van der Waals surface area (Å²) in [7, 11) is 0. The SMILES string of the molecule is CCn1cc(-c2ccc(CO)c(F)c2)cn1. The van der Waals surface area contributed by atoms with Crippen LogP contribution in [0.3, 0.4) is 0 Å². The van der Waals surface area contributed by atoms with Crippen molar-refractivity contribution in [1.82, 2.24) is 9.78 Å². The van der Waals surface area contributed by atoms with Crippen molar-refractivity contribution in [2.45, 2.75) is 20.1 Å². The third-order valence-corrected chi connectivity index (χ3v) is 2.51. The predicted octanol–water partition coefficient (Wildman–Crippen LogP) is 2.20. The number of nitrogens with zero attached hydrogens (tertiary/aromatic N) is 2. The van der Waals surface area contributed by atoms with Gasteiger partial charge in [-0.2, -0.15) is 5.10 Å². The van der Waals surface area contributed by atoms with Gasteiger partial charge in [0.15, 0.2) is 0 Å². The Balaban J connectivity index is 2.37. The molecule has 16 heavy (non-hydrogen) atoms. The monoisotopic (exact) mass is 220 g/mol. The molecular weight excluding hydrogens is 207 g/mol. The number of hydrogen-bond donors (Lipinski definition) is 1. The summed E-state index contributed by atoms with van der Waals surface area (Å²) in [6.45, 7) is 2.50. The van der Waals surface area contributed by atoms with Gasteiger partial charge in [-0.05, 0) is 18.6 Å². The Kier molecular flexibility index (Phi) is 3.01. The molecule has 0 unspecified atom stereocenters. The summed E-state index contributed by atoms with van der Waals surface area (Å²) in [6, 6.07) is 4.79. The Morgan fingerprint density at radius 3 is 2.75 bits per heavy atom. The number of aliphatic hydroxyl groups excluding tert-OH is 1. The maximum absolute atomic E-state index is 13.4. The number of rotatable bonds is 3. The van der Waals surface area contributed by atoms with Crippen LogP contribution in [0.5, 0.6) is 0 Å². The predicted molar refractivity (Wildman–Crippen MR) is 59.2 cm³/mol. The van der Waals surface area contributed by atoms with Crippen LogP contribution in [0.15, 0.2) is 30.6 Å². The fourth-order valence-electron chi connectivity index (χ4n) is 1.54. The zero-order valence-corrected chi connectivity index (χ0v) is 9.02. The molecule has 1 aromatic carbocycles. The van der Waals surface area contributed by atoms with E-state index >= 15 is 0 Å². The van der Waals surface area contributed by atoms with Crippen molar-refractivity contribution < 1.29 is 9.50 Å². The number of aryl methyl sites for hydroxylation is 1. The summed E-state index contributed by atoms with van der Waals surface area (Å²) in [6.07, 6.45) is 3.57. The maximum Gasteiger partial charge on any atom is 0.129 e. The lowest BCUT2D eigenvalue weighted by Crippen LogP contribution is -1.92. The second-order valence-electron chi connectivity index (χ2n) is 3.55. The molecule has 2 rings (SSSR count). The van der Waals surface area contributed by atoms with Crippen molar-refractivity contribution in [1.29, 1.82) is 0 Å². The molecule has 1 aromatic heterocycles. The van der Waals surface area contributed by atoms with Crippen molar-refractivity contribution in [2.75, 3.05) is 0 Å². The van der Waals surface area contributed by atoms with Crippen molar-refractivity contribution in [3.05, 3.63) is 42.0 Å². The number of aliphatic hydroxyl groups is 1. The molecule has 0 saturated carbocycles. The Labute approximate surface area is 93.2 Å². The standard InChI is InChI=1S/C12H13FN2O/c1-2-15-7-11(6-14-15)9-3-4-10(8-16)12(13)5-9/h3-7,16H,2,8H2,1H3. The van der Waals surface area contributed by atoms with Crippen molar-refractivity contribution in [3.8, 4) is 11.1 Å². The van der Waals surface area contributed by atoms with E-state index in [1.54, 1.807) is 23.0 Å². The highest BCUT2D eigenvalue weighted by Gasteiger charge is 2.05. The fourth-order valence-corrected chi connectivity index (χ4v) is 1.54. The summed E-state index contributed by atoms with van der Waals surface area (Å²) >= 11 is 0. The second kappa shape index (κ2) is 4.45. The quantitative estimate of drug-likeness (QED) is 0.861. The normalized spacial score (nSPS) is 10.7. The van der Waals surface area contributed by atoms with E-state index in [0.717, 1.165) is 17.7 Å². The smallest absolute Gasteiger partial charge is 0.129 e. The third kappa shape index (κ3) is 1.97. The van der Waals surface area contributed by atoms with E-state index in [-0.39, 0.29) is 12.4 Å². The zero-order valence-electron chi connectivity index (χ0n) is 9.02. The third-order valence-electron chi connectivity index (χ3n) is 2.51. The van der Waals surface area contributed by atoms with Crippen LogP contribution in [0.4, 0.5) is 4.39 Å². The van der Waals surface area contributed by atoms with Gasteiger partial charge in [-0.3, -0.25) is 4.68 Å². The van der Waals surface area contributed by atoms with E-state index < -0.39 is 0 Å². The number of aromatic nitrogens is 2. The van der Waals surface area contributed by atoms with Gasteiger partial charge in [-0.1, -0.05) is 12.1 Å². The molecule has 3 nitrogen and oxygen atoms in total. The van der Waals surface area contributed by atoms with Gasteiger partial charge < -0.3 is 5.11 Å². The minimum absolute atomic E-state index is 0.277. The van der Waals surface area contributed by atoms with Gasteiger partial charge in [-0.15, -0.1) is 0 Å². The van der Waals surface area contributed by atoms with Crippen molar-refractivity contribution >= 4 is 0 Å². The summed E-state index contributed by atoms with van der Waals surface area (Å²) in [5, 5.41) is 13.0. The van der Waals surface area contributed by atoms with Gasteiger partial charge in [0.25, 0.3) is 0 Å². The molecule has 0 aliphatic heterocycles. The Morgan fingerprint density at radius 1 is 1.38 bits per heavy atom. The van der Waals surface area contributed by atoms with E-state index in [4.69, 9.17) is 5.11 Å². The lowest BCUT2D eigenvalue weighted by molar-refractivity contribution is 0.276. The molecule has 0 spiro atoms. The van der Waals surface area contributed by atoms with Gasteiger partial charge >= 0.3 is 0 Å². The van der Waals surface area contributed by atoms with E-state index in [0.29, 0.717) is 5.56 Å². The topological polar surface area (TPSA) is 38.0 Å². The fraction of sp³-hybridized carbons (Fsp3) is 0.250. The van der Waals surface area contributed by atoms with Gasteiger partial charge in [0.1, 0.15) is 5.82 Å². The highest BCUT2D eigenvalue weighted by atomic mass is 19.1. The van der Waals surface area contributed by atoms with Gasteiger partial charge in [0.2, 0.25) is 0 Å². The Hall–Kier alpha value is -1.68. The molecule has 0 saturated heterocycles. The van der Waals surface area contributed by atoms with Gasteiger partial charge in [-0.25, -0.2) is 4.39 Å². The first-order valence-corrected chi connectivity index (χ1v) is 5.16. The van der Waals surface area contributed by atoms with Crippen LogP contribution >= 0.6 is 0 Å². The molecule has 0 fully saturated rings. The number of benzene rings is 1. The van der Waals surface area contributed by atoms with E-state index in [2.05, 4.69) is 5.10 Å². The van der Waals surface area contributed by atoms with E-state index in [1.165, 1.54) is 6.07 Å². The maximum atomic E-state index is 13.4. The zero-order chi connectivity index (χ0) is 11.5. The second-order valence-corrected chi connectivity index (χ2v) is 3.55. The highest BCUT2D eigenvalue weighted by Crippen LogP contribution is 2.21. The molecule has 84 valence electrons. The molecule has 0 bridgehead atoms. The highest BCUT2D eigenvalue weighted by molar-refractivity contribution is 5.62. The first-order valence-electron chi connectivity index (χ1n) is 5.16. The van der Waals surface area contributed by atoms with Crippen LogP contribution in [-0.4, -0.2) is 14.9 Å². The average molecular weight is 220 g/mol. The first-order chi connectivity index (χ1) is 7.74. The lowest BCUT2D eigenvalue weighted by atomic mass is 10.1. The van der Waals surface area contributed by atoms with Crippen molar-refractivity contribution in [2.24, 2.45) is 0 Å². The molecule has 0 radical (unpaired) electrons. The summed E-state index contributed by atoms with van der Waals surface area (Å²) < 4.78 is 15.2. The molecule has 2 aromatic rings. The largest absolute Gasteiger partial charge is 0.392 e. The van der Waals surface area contributed by atoms with Crippen LogP contribution in [-0.2, 0) is 13.2 Å². The molecule has 1 N–H and O–H groups in total. The summed E-state index contributed by atoms with van der Waals surface area (Å²) in [5.74, 6) is -0.385. The first kappa shape index (κ1) is 10.8. The van der Waals surface area contributed by atoms with Crippen molar-refractivity contribution in [3.63, 3.8) is 0 Å². The van der Waals surface area contributed by atoms with E-state index in [9.17, 15) is 4.39 Å². The number of halogens is 1. The van der Waals surface area contributed by atoms with Crippen LogP contribution < -0.4 is 0 Å². The molecule has 0 aliphatic rings. The summed E-state index contributed by atoms with van der Waals surface area (Å²) in [4.78, 5) is 0. The van der Waals surface area contributed by atoms with Crippen LogP contribution in [0.2, 0.25) is 0 Å². The van der Waals surface area contributed by atoms with Crippen LogP contribution in [0.25, 0.3) is 11.1 Å². The van der Waals surface area contributed by atoms with E-state index in [1.807, 2.05) is 13.1 Å². The molecule has 4 heteroatoms. The molecule has 0 amide bonds. The minimum atomic E-state index is -0.385. The molecular formula is C12H13FN2O. The Morgan fingerprint density at radius 2 is 2.19 bits per heavy atom. The molecule has 0 aliphatic carbocycles. The summed E-state index contributed by atoms with van der Waals surface area (Å²) in [5.41, 5.74) is 1.96. The number of hydrogen-bond acceptors (Lipinski definition) is 2. The Bertz CT molecular complexity index is 494.